The fourth-order valence-electron chi connectivity index (χ4n) is 4.89. The second kappa shape index (κ2) is 8.06. The number of nitrogens with one attached hydrogen (secondary N) is 1. The zero-order valence-electron chi connectivity index (χ0n) is 18.1. The average Bonchev–Trinajstić information content (AvgIpc) is 3.33. The number of aromatic nitrogens is 1. The van der Waals surface area contributed by atoms with Crippen molar-refractivity contribution < 1.29 is 18.7 Å². The standard InChI is InChI=1S/C25H26FN3O3/c1-17-20(21-11-19(26)7-8-22(21)27-17)12-23(30)28-10-9-25(15-28)16-29(24(31)14-32-25)13-18-5-3-2-4-6-18/h2-8,11,27H,9-10,12-16H2,1H3/t25-/m0/s1. The largest absolute Gasteiger partial charge is 0.361 e. The SMILES string of the molecule is Cc1[nH]c2ccc(F)cc2c1CC(=O)N1CC[C@]2(C1)CN(Cc1ccccc1)C(=O)CO2. The molecule has 2 aromatic carbocycles. The molecule has 0 bridgehead atoms. The summed E-state index contributed by atoms with van der Waals surface area (Å²) in [4.78, 5) is 32.5. The summed E-state index contributed by atoms with van der Waals surface area (Å²) in [5, 5.41) is 0.748. The Morgan fingerprint density at radius 2 is 2.00 bits per heavy atom. The average molecular weight is 435 g/mol. The van der Waals surface area contributed by atoms with Crippen molar-refractivity contribution in [3.8, 4) is 0 Å². The molecule has 3 heterocycles. The van der Waals surface area contributed by atoms with E-state index in [4.69, 9.17) is 4.74 Å². The molecule has 0 unspecified atom stereocenters. The Morgan fingerprint density at radius 1 is 1.19 bits per heavy atom. The summed E-state index contributed by atoms with van der Waals surface area (Å²) in [6.45, 7) is 4.00. The number of carbonyl (C=O) groups is 2. The van der Waals surface area contributed by atoms with Crippen molar-refractivity contribution in [2.45, 2.75) is 31.9 Å². The highest BCUT2D eigenvalue weighted by molar-refractivity contribution is 5.90. The molecule has 0 saturated carbocycles. The first kappa shape index (κ1) is 20.7. The van der Waals surface area contributed by atoms with E-state index in [1.54, 1.807) is 6.07 Å². The van der Waals surface area contributed by atoms with Crippen LogP contribution in [0.15, 0.2) is 48.5 Å². The third-order valence-corrected chi connectivity index (χ3v) is 6.63. The molecule has 1 N–H and O–H groups in total. The number of hydrogen-bond donors (Lipinski definition) is 1. The lowest BCUT2D eigenvalue weighted by atomic mass is 10.00. The van der Waals surface area contributed by atoms with E-state index >= 15 is 0 Å². The molecule has 3 aromatic rings. The van der Waals surface area contributed by atoms with E-state index < -0.39 is 5.60 Å². The van der Waals surface area contributed by atoms with E-state index in [2.05, 4.69) is 4.98 Å². The molecule has 0 radical (unpaired) electrons. The number of fused-ring (bicyclic) bond motifs is 1. The first-order valence-corrected chi connectivity index (χ1v) is 10.9. The molecule has 1 aromatic heterocycles. The van der Waals surface area contributed by atoms with E-state index in [1.807, 2.05) is 47.1 Å². The fourth-order valence-corrected chi connectivity index (χ4v) is 4.89. The summed E-state index contributed by atoms with van der Waals surface area (Å²) in [6.07, 6.45) is 0.900. The molecule has 32 heavy (non-hydrogen) atoms. The Labute approximate surface area is 186 Å². The maximum atomic E-state index is 13.8. The number of aromatic amines is 1. The second-order valence-corrected chi connectivity index (χ2v) is 8.87. The molecular weight excluding hydrogens is 409 g/mol. The fraction of sp³-hybridized carbons (Fsp3) is 0.360. The number of halogens is 1. The van der Waals surface area contributed by atoms with E-state index in [0.717, 1.165) is 27.7 Å². The number of amides is 2. The maximum Gasteiger partial charge on any atom is 0.249 e. The number of H-pyrrole nitrogens is 1. The molecule has 2 aliphatic rings. The van der Waals surface area contributed by atoms with Crippen molar-refractivity contribution in [1.82, 2.24) is 14.8 Å². The lowest BCUT2D eigenvalue weighted by Crippen LogP contribution is -2.55. The summed E-state index contributed by atoms with van der Waals surface area (Å²) in [5.41, 5.74) is 3.08. The number of nitrogens with zero attached hydrogens (tertiary/aromatic N) is 2. The van der Waals surface area contributed by atoms with Crippen LogP contribution in [0.25, 0.3) is 10.9 Å². The van der Waals surface area contributed by atoms with Gasteiger partial charge in [0.1, 0.15) is 18.0 Å². The number of likely N-dealkylation sites (tertiary alicyclic amines) is 1. The van der Waals surface area contributed by atoms with E-state index in [1.165, 1.54) is 12.1 Å². The molecular formula is C25H26FN3O3. The number of rotatable bonds is 4. The van der Waals surface area contributed by atoms with Crippen LogP contribution in [0.1, 0.15) is 23.2 Å². The van der Waals surface area contributed by atoms with Gasteiger partial charge in [0.25, 0.3) is 0 Å². The second-order valence-electron chi connectivity index (χ2n) is 8.87. The Balaban J connectivity index is 1.29. The van der Waals surface area contributed by atoms with Gasteiger partial charge in [-0.3, -0.25) is 9.59 Å². The van der Waals surface area contributed by atoms with Gasteiger partial charge >= 0.3 is 0 Å². The molecule has 0 aliphatic carbocycles. The molecule has 2 aliphatic heterocycles. The lowest BCUT2D eigenvalue weighted by Gasteiger charge is -2.40. The predicted octanol–water partition coefficient (Wildman–Crippen LogP) is 3.19. The minimum atomic E-state index is -0.528. The zero-order valence-corrected chi connectivity index (χ0v) is 18.1. The minimum absolute atomic E-state index is 0.00903. The van der Waals surface area contributed by atoms with E-state index in [0.29, 0.717) is 32.6 Å². The van der Waals surface area contributed by atoms with Gasteiger partial charge in [0.2, 0.25) is 11.8 Å². The molecule has 2 amide bonds. The summed E-state index contributed by atoms with van der Waals surface area (Å²) in [6, 6.07) is 14.5. The van der Waals surface area contributed by atoms with Gasteiger partial charge in [0.05, 0.1) is 19.5 Å². The van der Waals surface area contributed by atoms with Gasteiger partial charge < -0.3 is 19.5 Å². The highest BCUT2D eigenvalue weighted by Gasteiger charge is 2.46. The Kier molecular flexibility index (Phi) is 5.21. The van der Waals surface area contributed by atoms with E-state index in [-0.39, 0.29) is 30.7 Å². The topological polar surface area (TPSA) is 65.6 Å². The highest BCUT2D eigenvalue weighted by Crippen LogP contribution is 2.32. The number of hydrogen-bond acceptors (Lipinski definition) is 3. The normalized spacial score (nSPS) is 21.1. The minimum Gasteiger partial charge on any atom is -0.361 e. The van der Waals surface area contributed by atoms with Crippen LogP contribution < -0.4 is 0 Å². The van der Waals surface area contributed by atoms with Crippen molar-refractivity contribution in [1.29, 1.82) is 0 Å². The monoisotopic (exact) mass is 435 g/mol. The van der Waals surface area contributed by atoms with Crippen molar-refractivity contribution >= 4 is 22.7 Å². The zero-order chi connectivity index (χ0) is 22.3. The molecule has 6 nitrogen and oxygen atoms in total. The Bertz CT molecular complexity index is 1180. The molecule has 7 heteroatoms. The third kappa shape index (κ3) is 3.88. The van der Waals surface area contributed by atoms with Gasteiger partial charge in [-0.1, -0.05) is 30.3 Å². The van der Waals surface area contributed by atoms with Crippen LogP contribution in [-0.4, -0.2) is 58.4 Å². The predicted molar refractivity (Wildman–Crippen MR) is 118 cm³/mol. The van der Waals surface area contributed by atoms with Crippen LogP contribution in [0.2, 0.25) is 0 Å². The van der Waals surface area contributed by atoms with E-state index in [9.17, 15) is 14.0 Å². The molecule has 1 spiro atoms. The Hall–Kier alpha value is -3.19. The van der Waals surface area contributed by atoms with Crippen LogP contribution in [-0.2, 0) is 27.3 Å². The van der Waals surface area contributed by atoms with Crippen LogP contribution in [0.3, 0.4) is 0 Å². The van der Waals surface area contributed by atoms with Crippen LogP contribution in [0, 0.1) is 12.7 Å². The summed E-state index contributed by atoms with van der Waals surface area (Å²) in [7, 11) is 0. The smallest absolute Gasteiger partial charge is 0.249 e. The van der Waals surface area contributed by atoms with Gasteiger partial charge in [-0.15, -0.1) is 0 Å². The number of morpholine rings is 1. The lowest BCUT2D eigenvalue weighted by molar-refractivity contribution is -0.163. The first-order chi connectivity index (χ1) is 15.4. The molecule has 2 fully saturated rings. The van der Waals surface area contributed by atoms with Gasteiger partial charge in [-0.05, 0) is 42.7 Å². The van der Waals surface area contributed by atoms with Crippen molar-refractivity contribution in [3.05, 3.63) is 71.2 Å². The van der Waals surface area contributed by atoms with Gasteiger partial charge in [0.15, 0.2) is 0 Å². The number of benzene rings is 2. The molecule has 2 saturated heterocycles. The van der Waals surface area contributed by atoms with Crippen molar-refractivity contribution in [2.24, 2.45) is 0 Å². The molecule has 5 rings (SSSR count). The quantitative estimate of drug-likeness (QED) is 0.685. The van der Waals surface area contributed by atoms with Crippen molar-refractivity contribution in [3.63, 3.8) is 0 Å². The maximum absolute atomic E-state index is 13.8. The van der Waals surface area contributed by atoms with Crippen LogP contribution in [0.5, 0.6) is 0 Å². The van der Waals surface area contributed by atoms with Gasteiger partial charge in [-0.25, -0.2) is 4.39 Å². The Morgan fingerprint density at radius 3 is 2.81 bits per heavy atom. The highest BCUT2D eigenvalue weighted by atomic mass is 19.1. The third-order valence-electron chi connectivity index (χ3n) is 6.63. The number of aryl methyl sites for hydroxylation is 1. The van der Waals surface area contributed by atoms with Gasteiger partial charge in [-0.2, -0.15) is 0 Å². The molecule has 166 valence electrons. The summed E-state index contributed by atoms with van der Waals surface area (Å²) in [5.74, 6) is -0.352. The summed E-state index contributed by atoms with van der Waals surface area (Å²) >= 11 is 0. The van der Waals surface area contributed by atoms with Crippen LogP contribution in [0.4, 0.5) is 4.39 Å². The van der Waals surface area contributed by atoms with Gasteiger partial charge in [0, 0.05) is 29.7 Å². The van der Waals surface area contributed by atoms with Crippen LogP contribution >= 0.6 is 0 Å². The summed E-state index contributed by atoms with van der Waals surface area (Å²) < 4.78 is 19.8. The molecule has 1 atom stereocenters. The number of carbonyl (C=O) groups excluding carboxylic acids is 2. The number of ether oxygens (including phenoxy) is 1. The van der Waals surface area contributed by atoms with Crippen molar-refractivity contribution in [2.75, 3.05) is 26.2 Å². The first-order valence-electron chi connectivity index (χ1n) is 10.9.